The third kappa shape index (κ3) is 3.66. The lowest BCUT2D eigenvalue weighted by molar-refractivity contribution is 0.927. The van der Waals surface area contributed by atoms with Gasteiger partial charge in [-0.05, 0) is 53.9 Å². The highest BCUT2D eigenvalue weighted by molar-refractivity contribution is 9.10. The van der Waals surface area contributed by atoms with Crippen molar-refractivity contribution in [2.75, 3.05) is 17.2 Å². The van der Waals surface area contributed by atoms with Crippen LogP contribution in [0, 0.1) is 0 Å². The molecule has 1 heterocycles. The van der Waals surface area contributed by atoms with Crippen LogP contribution in [0.2, 0.25) is 5.02 Å². The fourth-order valence-corrected chi connectivity index (χ4v) is 2.57. The predicted octanol–water partition coefficient (Wildman–Crippen LogP) is 4.95. The maximum atomic E-state index is 6.05. The lowest BCUT2D eigenvalue weighted by Crippen LogP contribution is -2.05. The van der Waals surface area contributed by atoms with Gasteiger partial charge in [-0.1, -0.05) is 11.6 Å². The number of anilines is 3. The Hall–Kier alpha value is -1.33. The van der Waals surface area contributed by atoms with Gasteiger partial charge in [-0.15, -0.1) is 0 Å². The van der Waals surface area contributed by atoms with Crippen molar-refractivity contribution >= 4 is 44.9 Å². The molecule has 1 aliphatic rings. The number of nitrogens with zero attached hydrogens (tertiary/aromatic N) is 2. The fourth-order valence-electron chi connectivity index (χ4n) is 2.06. The number of aromatic nitrogens is 2. The summed E-state index contributed by atoms with van der Waals surface area (Å²) in [4.78, 5) is 9.18. The molecule has 2 N–H and O–H groups in total. The third-order valence-electron chi connectivity index (χ3n) is 3.23. The van der Waals surface area contributed by atoms with E-state index in [1.807, 2.05) is 24.3 Å². The van der Waals surface area contributed by atoms with E-state index in [1.165, 1.54) is 12.8 Å². The van der Waals surface area contributed by atoms with Crippen molar-refractivity contribution in [3.63, 3.8) is 0 Å². The molecule has 2 aromatic rings. The van der Waals surface area contributed by atoms with Gasteiger partial charge in [-0.2, -0.15) is 0 Å². The molecule has 6 heteroatoms. The first-order valence-electron chi connectivity index (χ1n) is 7.00. The molecular weight excluding hydrogens is 352 g/mol. The van der Waals surface area contributed by atoms with Crippen LogP contribution in [-0.2, 0) is 0 Å². The molecule has 0 amide bonds. The summed E-state index contributed by atoms with van der Waals surface area (Å²) in [5.41, 5.74) is 0.894. The lowest BCUT2D eigenvalue weighted by atomic mass is 10.3. The molecule has 1 aromatic heterocycles. The second-order valence-electron chi connectivity index (χ2n) is 5.05. The van der Waals surface area contributed by atoms with Crippen LogP contribution in [0.15, 0.2) is 28.7 Å². The van der Waals surface area contributed by atoms with Gasteiger partial charge < -0.3 is 10.6 Å². The smallest absolute Gasteiger partial charge is 0.136 e. The van der Waals surface area contributed by atoms with E-state index < -0.39 is 0 Å². The molecule has 0 spiro atoms. The van der Waals surface area contributed by atoms with Gasteiger partial charge in [0.15, 0.2) is 0 Å². The first kappa shape index (κ1) is 14.6. The topological polar surface area (TPSA) is 49.8 Å². The summed E-state index contributed by atoms with van der Waals surface area (Å²) in [6, 6.07) is 7.55. The van der Waals surface area contributed by atoms with Crippen molar-refractivity contribution in [3.8, 4) is 0 Å². The van der Waals surface area contributed by atoms with E-state index in [-0.39, 0.29) is 0 Å². The Balaban J connectivity index is 1.91. The van der Waals surface area contributed by atoms with E-state index in [2.05, 4.69) is 43.5 Å². The van der Waals surface area contributed by atoms with Crippen LogP contribution in [0.25, 0.3) is 0 Å². The maximum Gasteiger partial charge on any atom is 0.136 e. The first-order valence-corrected chi connectivity index (χ1v) is 8.17. The number of hydrogen-bond acceptors (Lipinski definition) is 4. The Labute approximate surface area is 137 Å². The molecule has 0 unspecified atom stereocenters. The van der Waals surface area contributed by atoms with E-state index in [0.29, 0.717) is 10.9 Å². The fraction of sp³-hybridized carbons (Fsp3) is 0.333. The Bertz CT molecular complexity index is 658. The summed E-state index contributed by atoms with van der Waals surface area (Å²) >= 11 is 9.57. The highest BCUT2D eigenvalue weighted by atomic mass is 79.9. The van der Waals surface area contributed by atoms with Crippen molar-refractivity contribution in [3.05, 3.63) is 39.6 Å². The molecule has 0 radical (unpaired) electrons. The van der Waals surface area contributed by atoms with Crippen LogP contribution >= 0.6 is 27.5 Å². The molecule has 0 aliphatic heterocycles. The number of nitrogens with one attached hydrogen (secondary N) is 2. The molecule has 4 nitrogen and oxygen atoms in total. The van der Waals surface area contributed by atoms with Gasteiger partial charge in [0.25, 0.3) is 0 Å². The average molecular weight is 368 g/mol. The highest BCUT2D eigenvalue weighted by Crippen LogP contribution is 2.39. The standard InChI is InChI=1S/C15H16BrClN4/c1-2-18-13-8-14(21-15(20-13)9-3-4-9)19-12-7-10(17)5-6-11(12)16/h5-9H,2-4H2,1H3,(H2,18,19,20,21). The molecule has 110 valence electrons. The average Bonchev–Trinajstić information content (AvgIpc) is 3.28. The molecule has 3 rings (SSSR count). The van der Waals surface area contributed by atoms with Gasteiger partial charge in [-0.25, -0.2) is 9.97 Å². The normalized spacial score (nSPS) is 14.0. The van der Waals surface area contributed by atoms with E-state index in [0.717, 1.165) is 34.2 Å². The third-order valence-corrected chi connectivity index (χ3v) is 4.16. The summed E-state index contributed by atoms with van der Waals surface area (Å²) in [6.07, 6.45) is 2.35. The van der Waals surface area contributed by atoms with Crippen LogP contribution < -0.4 is 10.6 Å². The molecule has 1 aromatic carbocycles. The largest absolute Gasteiger partial charge is 0.370 e. The van der Waals surface area contributed by atoms with Gasteiger partial charge in [0.1, 0.15) is 17.5 Å². The molecule has 0 bridgehead atoms. The zero-order valence-electron chi connectivity index (χ0n) is 11.7. The van der Waals surface area contributed by atoms with Crippen molar-refractivity contribution < 1.29 is 0 Å². The summed E-state index contributed by atoms with van der Waals surface area (Å²) < 4.78 is 0.948. The van der Waals surface area contributed by atoms with Gasteiger partial charge >= 0.3 is 0 Å². The number of rotatable bonds is 5. The van der Waals surface area contributed by atoms with Crippen LogP contribution in [0.3, 0.4) is 0 Å². The van der Waals surface area contributed by atoms with Crippen LogP contribution in [0.5, 0.6) is 0 Å². The Morgan fingerprint density at radius 3 is 2.71 bits per heavy atom. The van der Waals surface area contributed by atoms with E-state index in [9.17, 15) is 0 Å². The first-order chi connectivity index (χ1) is 10.2. The van der Waals surface area contributed by atoms with Crippen LogP contribution in [-0.4, -0.2) is 16.5 Å². The minimum Gasteiger partial charge on any atom is -0.370 e. The molecule has 1 fully saturated rings. The summed E-state index contributed by atoms with van der Waals surface area (Å²) in [5.74, 6) is 3.06. The van der Waals surface area contributed by atoms with E-state index >= 15 is 0 Å². The maximum absolute atomic E-state index is 6.05. The molecule has 0 atom stereocenters. The number of halogens is 2. The van der Waals surface area contributed by atoms with E-state index in [1.54, 1.807) is 0 Å². The van der Waals surface area contributed by atoms with Gasteiger partial charge in [0, 0.05) is 28.0 Å². The predicted molar refractivity (Wildman–Crippen MR) is 90.6 cm³/mol. The SMILES string of the molecule is CCNc1cc(Nc2cc(Cl)ccc2Br)nc(C2CC2)n1. The van der Waals surface area contributed by atoms with Crippen molar-refractivity contribution in [1.82, 2.24) is 9.97 Å². The summed E-state index contributed by atoms with van der Waals surface area (Å²) in [6.45, 7) is 2.89. The molecule has 0 saturated heterocycles. The zero-order chi connectivity index (χ0) is 14.8. The monoisotopic (exact) mass is 366 g/mol. The van der Waals surface area contributed by atoms with Crippen molar-refractivity contribution in [2.24, 2.45) is 0 Å². The molecule has 1 saturated carbocycles. The highest BCUT2D eigenvalue weighted by Gasteiger charge is 2.27. The Kier molecular flexibility index (Phi) is 4.31. The lowest BCUT2D eigenvalue weighted by Gasteiger charge is -2.12. The summed E-state index contributed by atoms with van der Waals surface area (Å²) in [5, 5.41) is 7.25. The second kappa shape index (κ2) is 6.20. The Morgan fingerprint density at radius 1 is 1.24 bits per heavy atom. The summed E-state index contributed by atoms with van der Waals surface area (Å²) in [7, 11) is 0. The van der Waals surface area contributed by atoms with Crippen LogP contribution in [0.4, 0.5) is 17.3 Å². The van der Waals surface area contributed by atoms with Gasteiger partial charge in [0.05, 0.1) is 5.69 Å². The van der Waals surface area contributed by atoms with E-state index in [4.69, 9.17) is 11.6 Å². The Morgan fingerprint density at radius 2 is 2.00 bits per heavy atom. The van der Waals surface area contributed by atoms with Crippen LogP contribution in [0.1, 0.15) is 31.5 Å². The molecule has 21 heavy (non-hydrogen) atoms. The molecular formula is C15H16BrClN4. The van der Waals surface area contributed by atoms with Gasteiger partial charge in [-0.3, -0.25) is 0 Å². The number of hydrogen-bond donors (Lipinski definition) is 2. The minimum atomic E-state index is 0.506. The quantitative estimate of drug-likeness (QED) is 0.785. The number of benzene rings is 1. The molecule has 1 aliphatic carbocycles. The van der Waals surface area contributed by atoms with Crippen molar-refractivity contribution in [2.45, 2.75) is 25.7 Å². The van der Waals surface area contributed by atoms with Gasteiger partial charge in [0.2, 0.25) is 0 Å². The second-order valence-corrected chi connectivity index (χ2v) is 6.34. The minimum absolute atomic E-state index is 0.506. The zero-order valence-corrected chi connectivity index (χ0v) is 14.0. The van der Waals surface area contributed by atoms with Crippen molar-refractivity contribution in [1.29, 1.82) is 0 Å².